The smallest absolute Gasteiger partial charge is 0.0175 e. The molecule has 0 N–H and O–H groups in total. The standard InChI is InChI=1S/C29H29Br/c1-4-7-28-27(19-10-21(3)29(28)26-9-6-5-8-20(26)2)24-13-11-22(12-14-24)23-15-17-25(30)18-16-23/h5-6,8-9,11-19,21H,4,7,10H2,1-3H3. The van der Waals surface area contributed by atoms with Crippen LogP contribution in [0.4, 0.5) is 0 Å². The maximum Gasteiger partial charge on any atom is 0.0175 e. The van der Waals surface area contributed by atoms with Gasteiger partial charge in [-0.15, -0.1) is 0 Å². The van der Waals surface area contributed by atoms with Gasteiger partial charge in [-0.2, -0.15) is 0 Å². The molecule has 0 saturated carbocycles. The van der Waals surface area contributed by atoms with Crippen LogP contribution < -0.4 is 0 Å². The fourth-order valence-electron chi connectivity index (χ4n) is 4.58. The van der Waals surface area contributed by atoms with Crippen LogP contribution in [0.3, 0.4) is 0 Å². The Morgan fingerprint density at radius 2 is 1.43 bits per heavy atom. The molecule has 0 nitrogen and oxygen atoms in total. The van der Waals surface area contributed by atoms with Crippen LogP contribution in [-0.4, -0.2) is 0 Å². The fourth-order valence-corrected chi connectivity index (χ4v) is 4.84. The average molecular weight is 457 g/mol. The molecule has 0 saturated heterocycles. The van der Waals surface area contributed by atoms with Crippen LogP contribution in [0.25, 0.3) is 22.3 Å². The van der Waals surface area contributed by atoms with Crippen molar-refractivity contribution in [2.45, 2.75) is 40.0 Å². The maximum atomic E-state index is 3.53. The van der Waals surface area contributed by atoms with Crippen LogP contribution in [-0.2, 0) is 0 Å². The molecule has 1 heteroatoms. The molecule has 3 aromatic rings. The van der Waals surface area contributed by atoms with E-state index in [1.165, 1.54) is 39.0 Å². The Morgan fingerprint density at radius 1 is 0.833 bits per heavy atom. The van der Waals surface area contributed by atoms with Gasteiger partial charge in [-0.3, -0.25) is 0 Å². The first-order chi connectivity index (χ1) is 14.6. The van der Waals surface area contributed by atoms with Crippen molar-refractivity contribution in [1.29, 1.82) is 0 Å². The third-order valence-corrected chi connectivity index (χ3v) is 6.66. The zero-order valence-corrected chi connectivity index (χ0v) is 19.7. The van der Waals surface area contributed by atoms with E-state index in [9.17, 15) is 0 Å². The van der Waals surface area contributed by atoms with Gasteiger partial charge in [0.1, 0.15) is 0 Å². The van der Waals surface area contributed by atoms with Crippen LogP contribution in [0, 0.1) is 12.8 Å². The minimum Gasteiger partial charge on any atom is -0.0758 e. The minimum atomic E-state index is 0.554. The van der Waals surface area contributed by atoms with Gasteiger partial charge in [0.2, 0.25) is 0 Å². The zero-order chi connectivity index (χ0) is 21.1. The van der Waals surface area contributed by atoms with Gasteiger partial charge < -0.3 is 0 Å². The van der Waals surface area contributed by atoms with Crippen molar-refractivity contribution in [3.05, 3.63) is 106 Å². The van der Waals surface area contributed by atoms with E-state index >= 15 is 0 Å². The van der Waals surface area contributed by atoms with Crippen LogP contribution in [0.15, 0.2) is 88.9 Å². The Balaban J connectivity index is 1.75. The molecule has 152 valence electrons. The largest absolute Gasteiger partial charge is 0.0758 e. The van der Waals surface area contributed by atoms with Gasteiger partial charge in [-0.1, -0.05) is 103 Å². The number of allylic oxidation sites excluding steroid dienone is 4. The lowest BCUT2D eigenvalue weighted by Gasteiger charge is -2.28. The molecule has 0 spiro atoms. The molecule has 0 aliphatic heterocycles. The monoisotopic (exact) mass is 456 g/mol. The predicted octanol–water partition coefficient (Wildman–Crippen LogP) is 9.10. The van der Waals surface area contributed by atoms with Gasteiger partial charge >= 0.3 is 0 Å². The van der Waals surface area contributed by atoms with E-state index in [1.807, 2.05) is 0 Å². The number of rotatable bonds is 5. The molecule has 3 aromatic carbocycles. The maximum absolute atomic E-state index is 3.53. The van der Waals surface area contributed by atoms with E-state index in [4.69, 9.17) is 0 Å². The van der Waals surface area contributed by atoms with Crippen LogP contribution in [0.5, 0.6) is 0 Å². The highest BCUT2D eigenvalue weighted by Crippen LogP contribution is 2.43. The van der Waals surface area contributed by atoms with E-state index in [-0.39, 0.29) is 0 Å². The molecule has 1 aliphatic rings. The van der Waals surface area contributed by atoms with Crippen molar-refractivity contribution < 1.29 is 0 Å². The molecule has 1 atom stereocenters. The summed E-state index contributed by atoms with van der Waals surface area (Å²) < 4.78 is 1.11. The second-order valence-electron chi connectivity index (χ2n) is 8.30. The summed E-state index contributed by atoms with van der Waals surface area (Å²) in [6, 6.07) is 26.5. The van der Waals surface area contributed by atoms with Crippen LogP contribution in [0.2, 0.25) is 0 Å². The van der Waals surface area contributed by atoms with E-state index in [0.29, 0.717) is 5.92 Å². The van der Waals surface area contributed by atoms with Crippen LogP contribution >= 0.6 is 15.9 Å². The van der Waals surface area contributed by atoms with Gasteiger partial charge in [-0.25, -0.2) is 0 Å². The lowest BCUT2D eigenvalue weighted by Crippen LogP contribution is -2.10. The second-order valence-corrected chi connectivity index (χ2v) is 9.21. The summed E-state index contributed by atoms with van der Waals surface area (Å²) >= 11 is 3.53. The number of hydrogen-bond acceptors (Lipinski definition) is 0. The Hall–Kier alpha value is -2.38. The number of benzene rings is 3. The van der Waals surface area contributed by atoms with Crippen LogP contribution in [0.1, 0.15) is 49.8 Å². The minimum absolute atomic E-state index is 0.554. The van der Waals surface area contributed by atoms with Gasteiger partial charge in [0.05, 0.1) is 0 Å². The molecule has 0 amide bonds. The van der Waals surface area contributed by atoms with Gasteiger partial charge in [-0.05, 0) is 82.4 Å². The quantitative estimate of drug-likeness (QED) is 0.358. The van der Waals surface area contributed by atoms with Gasteiger partial charge in [0.15, 0.2) is 0 Å². The highest BCUT2D eigenvalue weighted by atomic mass is 79.9. The van der Waals surface area contributed by atoms with Crippen molar-refractivity contribution in [2.75, 3.05) is 0 Å². The summed E-state index contributed by atoms with van der Waals surface area (Å²) in [5, 5.41) is 0. The molecular formula is C29H29Br. The van der Waals surface area contributed by atoms with E-state index in [1.54, 1.807) is 5.57 Å². The number of hydrogen-bond donors (Lipinski definition) is 0. The second kappa shape index (κ2) is 9.18. The Morgan fingerprint density at radius 3 is 2.07 bits per heavy atom. The summed E-state index contributed by atoms with van der Waals surface area (Å²) in [6.07, 6.45) is 5.84. The van der Waals surface area contributed by atoms with E-state index in [2.05, 4.69) is 116 Å². The summed E-state index contributed by atoms with van der Waals surface area (Å²) in [5.74, 6) is 0.554. The summed E-state index contributed by atoms with van der Waals surface area (Å²) in [4.78, 5) is 0. The lowest BCUT2D eigenvalue weighted by atomic mass is 9.76. The van der Waals surface area contributed by atoms with E-state index < -0.39 is 0 Å². The van der Waals surface area contributed by atoms with E-state index in [0.717, 1.165) is 23.7 Å². The van der Waals surface area contributed by atoms with Crippen molar-refractivity contribution in [2.24, 2.45) is 5.92 Å². The molecule has 0 heterocycles. The molecule has 30 heavy (non-hydrogen) atoms. The van der Waals surface area contributed by atoms with Gasteiger partial charge in [0.25, 0.3) is 0 Å². The highest BCUT2D eigenvalue weighted by molar-refractivity contribution is 9.10. The topological polar surface area (TPSA) is 0 Å². The Kier molecular flexibility index (Phi) is 6.39. The number of halogens is 1. The first-order valence-electron chi connectivity index (χ1n) is 10.9. The first kappa shape index (κ1) is 20.9. The predicted molar refractivity (Wildman–Crippen MR) is 134 cm³/mol. The third-order valence-electron chi connectivity index (χ3n) is 6.13. The summed E-state index contributed by atoms with van der Waals surface area (Å²) in [6.45, 7) is 6.90. The Bertz CT molecular complexity index is 1080. The molecule has 0 radical (unpaired) electrons. The van der Waals surface area contributed by atoms with Crippen molar-refractivity contribution in [3.8, 4) is 11.1 Å². The fraction of sp³-hybridized carbons (Fsp3) is 0.241. The molecule has 1 unspecified atom stereocenters. The first-order valence-corrected chi connectivity index (χ1v) is 11.7. The van der Waals surface area contributed by atoms with Crippen molar-refractivity contribution >= 4 is 27.1 Å². The Labute approximate surface area is 189 Å². The summed E-state index contributed by atoms with van der Waals surface area (Å²) in [5.41, 5.74) is 11.1. The normalized spacial score (nSPS) is 16.5. The average Bonchev–Trinajstić information content (AvgIpc) is 2.76. The molecular weight excluding hydrogens is 428 g/mol. The zero-order valence-electron chi connectivity index (χ0n) is 18.1. The molecule has 0 aromatic heterocycles. The van der Waals surface area contributed by atoms with Crippen molar-refractivity contribution in [3.63, 3.8) is 0 Å². The lowest BCUT2D eigenvalue weighted by molar-refractivity contribution is 0.744. The molecule has 0 bridgehead atoms. The molecule has 4 rings (SSSR count). The number of aryl methyl sites for hydroxylation is 1. The third kappa shape index (κ3) is 4.23. The summed E-state index contributed by atoms with van der Waals surface area (Å²) in [7, 11) is 0. The molecule has 0 fully saturated rings. The van der Waals surface area contributed by atoms with Crippen molar-refractivity contribution in [1.82, 2.24) is 0 Å². The highest BCUT2D eigenvalue weighted by Gasteiger charge is 2.24. The SMILES string of the molecule is CCCC1=C(c2ccccc2C)C(C)CC=C1c1ccc(-c2ccc(Br)cc2)cc1. The van der Waals surface area contributed by atoms with Gasteiger partial charge in [0, 0.05) is 4.47 Å². The molecule has 1 aliphatic carbocycles.